The normalized spacial score (nSPS) is 31.6. The first-order chi connectivity index (χ1) is 5.70. The maximum Gasteiger partial charge on any atom is 0.249 e. The molecule has 0 bridgehead atoms. The van der Waals surface area contributed by atoms with Crippen molar-refractivity contribution in [1.82, 2.24) is 5.32 Å². The van der Waals surface area contributed by atoms with Gasteiger partial charge in [0.15, 0.2) is 0 Å². The molecule has 0 aromatic carbocycles. The van der Waals surface area contributed by atoms with Gasteiger partial charge in [0.2, 0.25) is 5.91 Å². The number of hydrogen-bond acceptors (Lipinski definition) is 2. The first-order valence-corrected chi connectivity index (χ1v) is 4.63. The van der Waals surface area contributed by atoms with E-state index in [9.17, 15) is 4.79 Å². The summed E-state index contributed by atoms with van der Waals surface area (Å²) in [6.07, 6.45) is 3.98. The second-order valence-electron chi connectivity index (χ2n) is 4.05. The van der Waals surface area contributed by atoms with E-state index in [-0.39, 0.29) is 17.6 Å². The van der Waals surface area contributed by atoms with Crippen molar-refractivity contribution in [2.45, 2.75) is 44.2 Å². The lowest BCUT2D eigenvalue weighted by Crippen LogP contribution is -2.41. The second-order valence-corrected chi connectivity index (χ2v) is 4.05. The molecule has 3 heteroatoms. The molecule has 1 unspecified atom stereocenters. The van der Waals surface area contributed by atoms with Crippen molar-refractivity contribution in [3.63, 3.8) is 0 Å². The van der Waals surface area contributed by atoms with Crippen LogP contribution in [0.4, 0.5) is 0 Å². The van der Waals surface area contributed by atoms with Crippen LogP contribution < -0.4 is 5.32 Å². The number of ether oxygens (including phenoxy) is 1. The summed E-state index contributed by atoms with van der Waals surface area (Å²) in [4.78, 5) is 11.5. The van der Waals surface area contributed by atoms with Gasteiger partial charge in [0.25, 0.3) is 0 Å². The second kappa shape index (κ2) is 2.73. The largest absolute Gasteiger partial charge is 0.368 e. The molecule has 0 aromatic rings. The van der Waals surface area contributed by atoms with Crippen LogP contribution in [0, 0.1) is 0 Å². The predicted octanol–water partition coefficient (Wildman–Crippen LogP) is 0.834. The standard InChI is InChI=1S/C9H15NO2/c1-9(4-5-9)10-8(11)7-3-2-6-12-7/h7H,2-6H2,1H3,(H,10,11). The summed E-state index contributed by atoms with van der Waals surface area (Å²) in [7, 11) is 0. The Morgan fingerprint density at radius 3 is 2.83 bits per heavy atom. The first-order valence-electron chi connectivity index (χ1n) is 4.63. The van der Waals surface area contributed by atoms with E-state index in [1.165, 1.54) is 0 Å². The molecule has 1 aliphatic carbocycles. The van der Waals surface area contributed by atoms with E-state index < -0.39 is 0 Å². The van der Waals surface area contributed by atoms with Crippen molar-refractivity contribution >= 4 is 5.91 Å². The Balaban J connectivity index is 1.83. The third-order valence-electron chi connectivity index (χ3n) is 2.65. The summed E-state index contributed by atoms with van der Waals surface area (Å²) in [6.45, 7) is 2.83. The van der Waals surface area contributed by atoms with Gasteiger partial charge in [-0.05, 0) is 32.6 Å². The van der Waals surface area contributed by atoms with E-state index in [4.69, 9.17) is 4.74 Å². The maximum absolute atomic E-state index is 11.5. The van der Waals surface area contributed by atoms with Crippen molar-refractivity contribution in [2.75, 3.05) is 6.61 Å². The Kier molecular flexibility index (Phi) is 1.83. The molecule has 12 heavy (non-hydrogen) atoms. The molecule has 1 heterocycles. The Morgan fingerprint density at radius 2 is 2.33 bits per heavy atom. The van der Waals surface area contributed by atoms with Gasteiger partial charge in [-0.25, -0.2) is 0 Å². The van der Waals surface area contributed by atoms with E-state index in [2.05, 4.69) is 12.2 Å². The van der Waals surface area contributed by atoms with Gasteiger partial charge in [-0.3, -0.25) is 4.79 Å². The van der Waals surface area contributed by atoms with Gasteiger partial charge in [-0.2, -0.15) is 0 Å². The van der Waals surface area contributed by atoms with Gasteiger partial charge in [0.1, 0.15) is 6.10 Å². The topological polar surface area (TPSA) is 38.3 Å². The molecule has 2 fully saturated rings. The molecule has 0 spiro atoms. The Labute approximate surface area is 72.5 Å². The predicted molar refractivity (Wildman–Crippen MR) is 44.8 cm³/mol. The van der Waals surface area contributed by atoms with E-state index in [1.54, 1.807) is 0 Å². The monoisotopic (exact) mass is 169 g/mol. The SMILES string of the molecule is CC1(NC(=O)C2CCCO2)CC1. The molecule has 68 valence electrons. The lowest BCUT2D eigenvalue weighted by atomic mass is 10.2. The van der Waals surface area contributed by atoms with Gasteiger partial charge in [-0.15, -0.1) is 0 Å². The van der Waals surface area contributed by atoms with Crippen LogP contribution in [0.1, 0.15) is 32.6 Å². The molecule has 1 aliphatic heterocycles. The quantitative estimate of drug-likeness (QED) is 0.665. The highest BCUT2D eigenvalue weighted by Crippen LogP contribution is 2.34. The van der Waals surface area contributed by atoms with Crippen molar-refractivity contribution in [3.8, 4) is 0 Å². The van der Waals surface area contributed by atoms with E-state index in [1.807, 2.05) is 0 Å². The third-order valence-corrected chi connectivity index (χ3v) is 2.65. The zero-order chi connectivity index (χ0) is 8.60. The molecule has 0 radical (unpaired) electrons. The van der Waals surface area contributed by atoms with Gasteiger partial charge in [0, 0.05) is 12.1 Å². The minimum Gasteiger partial charge on any atom is -0.368 e. The van der Waals surface area contributed by atoms with Crippen LogP contribution in [0.5, 0.6) is 0 Å². The van der Waals surface area contributed by atoms with Crippen LogP contribution in [0.2, 0.25) is 0 Å². The fourth-order valence-corrected chi connectivity index (χ4v) is 1.47. The van der Waals surface area contributed by atoms with E-state index in [0.29, 0.717) is 0 Å². The van der Waals surface area contributed by atoms with Gasteiger partial charge in [-0.1, -0.05) is 0 Å². The Bertz CT molecular complexity index is 193. The highest BCUT2D eigenvalue weighted by atomic mass is 16.5. The summed E-state index contributed by atoms with van der Waals surface area (Å²) in [5.74, 6) is 0.0903. The van der Waals surface area contributed by atoms with Crippen LogP contribution in [0.15, 0.2) is 0 Å². The van der Waals surface area contributed by atoms with E-state index in [0.717, 1.165) is 32.3 Å². The number of carbonyl (C=O) groups excluding carboxylic acids is 1. The summed E-state index contributed by atoms with van der Waals surface area (Å²) in [5.41, 5.74) is 0.100. The van der Waals surface area contributed by atoms with E-state index >= 15 is 0 Å². The molecular formula is C9H15NO2. The number of carbonyl (C=O) groups is 1. The molecule has 2 rings (SSSR count). The molecule has 0 aromatic heterocycles. The zero-order valence-electron chi connectivity index (χ0n) is 7.43. The van der Waals surface area contributed by atoms with Crippen molar-refractivity contribution in [1.29, 1.82) is 0 Å². The highest BCUT2D eigenvalue weighted by molar-refractivity contribution is 5.82. The highest BCUT2D eigenvalue weighted by Gasteiger charge is 2.40. The van der Waals surface area contributed by atoms with Crippen LogP contribution in [0.25, 0.3) is 0 Å². The lowest BCUT2D eigenvalue weighted by Gasteiger charge is -2.14. The summed E-state index contributed by atoms with van der Waals surface area (Å²) in [6, 6.07) is 0. The molecule has 1 saturated carbocycles. The fraction of sp³-hybridized carbons (Fsp3) is 0.889. The number of rotatable bonds is 2. The van der Waals surface area contributed by atoms with Crippen molar-refractivity contribution < 1.29 is 9.53 Å². The lowest BCUT2D eigenvalue weighted by molar-refractivity contribution is -0.130. The number of amides is 1. The molecule has 1 amide bonds. The minimum absolute atomic E-state index is 0.0903. The van der Waals surface area contributed by atoms with Gasteiger partial charge >= 0.3 is 0 Å². The molecule has 3 nitrogen and oxygen atoms in total. The molecule has 1 atom stereocenters. The van der Waals surface area contributed by atoms with Gasteiger partial charge in [0.05, 0.1) is 0 Å². The third kappa shape index (κ3) is 1.61. The molecule has 1 saturated heterocycles. The molecule has 1 N–H and O–H groups in total. The van der Waals surface area contributed by atoms with Crippen LogP contribution in [0.3, 0.4) is 0 Å². The average Bonchev–Trinajstić information content (AvgIpc) is 2.55. The average molecular weight is 169 g/mol. The summed E-state index contributed by atoms with van der Waals surface area (Å²) in [5, 5.41) is 3.01. The Hall–Kier alpha value is -0.570. The Morgan fingerprint density at radius 1 is 1.58 bits per heavy atom. The number of hydrogen-bond donors (Lipinski definition) is 1. The van der Waals surface area contributed by atoms with Crippen LogP contribution >= 0.6 is 0 Å². The van der Waals surface area contributed by atoms with Crippen LogP contribution in [-0.2, 0) is 9.53 Å². The van der Waals surface area contributed by atoms with Crippen molar-refractivity contribution in [2.24, 2.45) is 0 Å². The van der Waals surface area contributed by atoms with Crippen LogP contribution in [-0.4, -0.2) is 24.2 Å². The minimum atomic E-state index is -0.164. The maximum atomic E-state index is 11.5. The molecule has 2 aliphatic rings. The summed E-state index contributed by atoms with van der Waals surface area (Å²) < 4.78 is 5.28. The summed E-state index contributed by atoms with van der Waals surface area (Å²) >= 11 is 0. The molecular weight excluding hydrogens is 154 g/mol. The van der Waals surface area contributed by atoms with Crippen molar-refractivity contribution in [3.05, 3.63) is 0 Å². The van der Waals surface area contributed by atoms with Gasteiger partial charge < -0.3 is 10.1 Å². The zero-order valence-corrected chi connectivity index (χ0v) is 7.43. The first kappa shape index (κ1) is 8.05. The smallest absolute Gasteiger partial charge is 0.249 e. The number of nitrogens with one attached hydrogen (secondary N) is 1. The fourth-order valence-electron chi connectivity index (χ4n) is 1.47.